The van der Waals surface area contributed by atoms with Gasteiger partial charge in [-0.05, 0) is 0 Å². The van der Waals surface area contributed by atoms with Gasteiger partial charge in [0, 0.05) is 11.8 Å². The van der Waals surface area contributed by atoms with Gasteiger partial charge in [-0.2, -0.15) is 5.26 Å². The van der Waals surface area contributed by atoms with Gasteiger partial charge in [0.1, 0.15) is 6.07 Å². The number of nitrogens with zero attached hydrogens (tertiary/aromatic N) is 2. The molecule has 6 heteroatoms. The van der Waals surface area contributed by atoms with Gasteiger partial charge in [-0.15, -0.1) is 11.6 Å². The first-order chi connectivity index (χ1) is 7.15. The van der Waals surface area contributed by atoms with E-state index in [4.69, 9.17) is 22.0 Å². The lowest BCUT2D eigenvalue weighted by Gasteiger charge is -2.09. The second kappa shape index (κ2) is 5.01. The molecule has 15 heavy (non-hydrogen) atoms. The van der Waals surface area contributed by atoms with Crippen LogP contribution in [0.5, 0.6) is 0 Å². The summed E-state index contributed by atoms with van der Waals surface area (Å²) in [6, 6.07) is 1.66. The average molecular weight is 233 g/mol. The molecule has 1 aromatic rings. The quantitative estimate of drug-likeness (QED) is 0.812. The minimum atomic E-state index is -2.78. The predicted molar refractivity (Wildman–Crippen MR) is 49.4 cm³/mol. The van der Waals surface area contributed by atoms with Crippen molar-refractivity contribution in [3.63, 3.8) is 0 Å². The molecule has 0 aliphatic carbocycles. The molecule has 1 heterocycles. The van der Waals surface area contributed by atoms with Gasteiger partial charge in [0.15, 0.2) is 0 Å². The molecule has 0 saturated carbocycles. The number of aromatic nitrogens is 1. The van der Waals surface area contributed by atoms with Gasteiger partial charge in [0.05, 0.1) is 29.3 Å². The summed E-state index contributed by atoms with van der Waals surface area (Å²) >= 11 is 5.52. The Balaban J connectivity index is 3.43. The Morgan fingerprint density at radius 2 is 2.27 bits per heavy atom. The van der Waals surface area contributed by atoms with Gasteiger partial charge in [-0.3, -0.25) is 4.98 Å². The second-order valence-corrected chi connectivity index (χ2v) is 2.99. The van der Waals surface area contributed by atoms with Crippen molar-refractivity contribution < 1.29 is 13.9 Å². The summed E-state index contributed by atoms with van der Waals surface area (Å²) in [6.45, 7) is -0.430. The smallest absolute Gasteiger partial charge is 0.266 e. The van der Waals surface area contributed by atoms with Crippen molar-refractivity contribution in [2.75, 3.05) is 0 Å². The SMILES string of the molecule is N#Cc1c(C(F)F)cnc(CO)c1CCl. The Morgan fingerprint density at radius 3 is 2.67 bits per heavy atom. The fraction of sp³-hybridized carbons (Fsp3) is 0.333. The van der Waals surface area contributed by atoms with E-state index in [0.717, 1.165) is 6.20 Å². The summed E-state index contributed by atoms with van der Waals surface area (Å²) in [5.41, 5.74) is -0.324. The number of alkyl halides is 3. The zero-order chi connectivity index (χ0) is 11.4. The lowest BCUT2D eigenvalue weighted by Crippen LogP contribution is -2.04. The Bertz CT molecular complexity index is 404. The normalized spacial score (nSPS) is 10.4. The van der Waals surface area contributed by atoms with Crippen LogP contribution in [-0.4, -0.2) is 10.1 Å². The van der Waals surface area contributed by atoms with Gasteiger partial charge in [-0.25, -0.2) is 8.78 Å². The number of pyridine rings is 1. The fourth-order valence-corrected chi connectivity index (χ4v) is 1.47. The van der Waals surface area contributed by atoms with Crippen LogP contribution in [0.3, 0.4) is 0 Å². The van der Waals surface area contributed by atoms with Gasteiger partial charge < -0.3 is 5.11 Å². The van der Waals surface area contributed by atoms with Crippen LogP contribution >= 0.6 is 11.6 Å². The minimum absolute atomic E-state index is 0.133. The molecule has 1 rings (SSSR count). The number of hydrogen-bond acceptors (Lipinski definition) is 3. The first-order valence-electron chi connectivity index (χ1n) is 4.01. The summed E-state index contributed by atoms with van der Waals surface area (Å²) in [7, 11) is 0. The zero-order valence-corrected chi connectivity index (χ0v) is 8.30. The molecule has 0 aromatic carbocycles. The third-order valence-corrected chi connectivity index (χ3v) is 2.20. The summed E-state index contributed by atoms with van der Waals surface area (Å²) < 4.78 is 24.9. The van der Waals surface area contributed by atoms with Gasteiger partial charge >= 0.3 is 0 Å². The Hall–Kier alpha value is -1.25. The lowest BCUT2D eigenvalue weighted by atomic mass is 10.0. The van der Waals surface area contributed by atoms with Crippen molar-refractivity contribution in [2.45, 2.75) is 18.9 Å². The maximum atomic E-state index is 12.5. The molecule has 0 radical (unpaired) electrons. The number of nitriles is 1. The molecule has 0 saturated heterocycles. The van der Waals surface area contributed by atoms with Gasteiger partial charge in [-0.1, -0.05) is 0 Å². The van der Waals surface area contributed by atoms with E-state index in [2.05, 4.69) is 4.98 Å². The predicted octanol–water partition coefficient (Wildman–Crippen LogP) is 2.12. The molecule has 1 aromatic heterocycles. The van der Waals surface area contributed by atoms with Crippen molar-refractivity contribution in [2.24, 2.45) is 0 Å². The lowest BCUT2D eigenvalue weighted by molar-refractivity contribution is 0.150. The van der Waals surface area contributed by atoms with E-state index in [-0.39, 0.29) is 22.7 Å². The van der Waals surface area contributed by atoms with Crippen LogP contribution in [0.15, 0.2) is 6.20 Å². The Labute approximate surface area is 89.9 Å². The second-order valence-electron chi connectivity index (χ2n) is 2.72. The molecule has 0 amide bonds. The molecule has 0 atom stereocenters. The molecule has 0 aliphatic heterocycles. The van der Waals surface area contributed by atoms with Crippen molar-refractivity contribution in [1.82, 2.24) is 4.98 Å². The van der Waals surface area contributed by atoms with E-state index in [1.165, 1.54) is 0 Å². The van der Waals surface area contributed by atoms with E-state index in [9.17, 15) is 8.78 Å². The Kier molecular flexibility index (Phi) is 3.95. The van der Waals surface area contributed by atoms with E-state index >= 15 is 0 Å². The summed E-state index contributed by atoms with van der Waals surface area (Å²) in [6.07, 6.45) is -1.88. The van der Waals surface area contributed by atoms with E-state index in [1.807, 2.05) is 0 Å². The molecule has 3 nitrogen and oxygen atoms in total. The fourth-order valence-electron chi connectivity index (χ4n) is 1.19. The van der Waals surface area contributed by atoms with E-state index in [1.54, 1.807) is 6.07 Å². The molecular formula is C9H7ClF2N2O. The number of halogens is 3. The van der Waals surface area contributed by atoms with Crippen molar-refractivity contribution >= 4 is 11.6 Å². The number of rotatable bonds is 3. The summed E-state index contributed by atoms with van der Waals surface area (Å²) in [5.74, 6) is -0.133. The third kappa shape index (κ3) is 2.22. The first-order valence-corrected chi connectivity index (χ1v) is 4.54. The maximum absolute atomic E-state index is 12.5. The standard InChI is InChI=1S/C9H7ClF2N2O/c10-1-5-6(2-13)7(9(11)12)3-14-8(5)4-15/h3,9,15H,1,4H2. The Morgan fingerprint density at radius 1 is 1.60 bits per heavy atom. The molecule has 0 unspecified atom stereocenters. The monoisotopic (exact) mass is 232 g/mol. The third-order valence-electron chi connectivity index (χ3n) is 1.93. The molecular weight excluding hydrogens is 226 g/mol. The highest BCUT2D eigenvalue weighted by molar-refractivity contribution is 6.17. The van der Waals surface area contributed by atoms with Crippen LogP contribution < -0.4 is 0 Å². The van der Waals surface area contributed by atoms with Crippen LogP contribution in [0.25, 0.3) is 0 Å². The van der Waals surface area contributed by atoms with Crippen LogP contribution in [0.4, 0.5) is 8.78 Å². The summed E-state index contributed by atoms with van der Waals surface area (Å²) in [5, 5.41) is 17.6. The van der Waals surface area contributed by atoms with E-state index < -0.39 is 18.6 Å². The largest absolute Gasteiger partial charge is 0.390 e. The van der Waals surface area contributed by atoms with E-state index in [0.29, 0.717) is 0 Å². The van der Waals surface area contributed by atoms with Crippen molar-refractivity contribution in [3.05, 3.63) is 28.6 Å². The van der Waals surface area contributed by atoms with Gasteiger partial charge in [0.2, 0.25) is 0 Å². The molecule has 0 bridgehead atoms. The molecule has 0 aliphatic rings. The molecule has 1 N–H and O–H groups in total. The molecule has 80 valence electrons. The zero-order valence-electron chi connectivity index (χ0n) is 7.54. The number of hydrogen-bond donors (Lipinski definition) is 1. The highest BCUT2D eigenvalue weighted by Gasteiger charge is 2.19. The molecule has 0 spiro atoms. The van der Waals surface area contributed by atoms with Crippen LogP contribution in [0.1, 0.15) is 28.8 Å². The van der Waals surface area contributed by atoms with Crippen molar-refractivity contribution in [1.29, 1.82) is 5.26 Å². The van der Waals surface area contributed by atoms with Gasteiger partial charge in [0.25, 0.3) is 6.43 Å². The first kappa shape index (κ1) is 11.8. The minimum Gasteiger partial charge on any atom is -0.390 e. The van der Waals surface area contributed by atoms with Crippen molar-refractivity contribution in [3.8, 4) is 6.07 Å². The average Bonchev–Trinajstić information content (AvgIpc) is 2.26. The van der Waals surface area contributed by atoms with Crippen LogP contribution in [-0.2, 0) is 12.5 Å². The topological polar surface area (TPSA) is 56.9 Å². The highest BCUT2D eigenvalue weighted by atomic mass is 35.5. The summed E-state index contributed by atoms with van der Waals surface area (Å²) in [4.78, 5) is 3.63. The maximum Gasteiger partial charge on any atom is 0.266 e. The molecule has 0 fully saturated rings. The number of aliphatic hydroxyl groups is 1. The highest BCUT2D eigenvalue weighted by Crippen LogP contribution is 2.26. The van der Waals surface area contributed by atoms with Crippen LogP contribution in [0, 0.1) is 11.3 Å². The van der Waals surface area contributed by atoms with Crippen LogP contribution in [0.2, 0.25) is 0 Å². The number of aliphatic hydroxyl groups excluding tert-OH is 1.